The van der Waals surface area contributed by atoms with Crippen LogP contribution >= 0.6 is 11.3 Å². The van der Waals surface area contributed by atoms with Gasteiger partial charge in [0.25, 0.3) is 0 Å². The molecule has 0 fully saturated rings. The van der Waals surface area contributed by atoms with Crippen LogP contribution in [-0.2, 0) is 41.1 Å². The molecule has 0 unspecified atom stereocenters. The Balaban J connectivity index is 0.000000360. The van der Waals surface area contributed by atoms with Crippen LogP contribution in [0.3, 0.4) is 0 Å². The van der Waals surface area contributed by atoms with Gasteiger partial charge in [0.05, 0.1) is 5.76 Å². The zero-order chi connectivity index (χ0) is 40.0. The Bertz CT molecular complexity index is 2200. The van der Waals surface area contributed by atoms with Crippen LogP contribution in [0, 0.1) is 24.8 Å². The van der Waals surface area contributed by atoms with E-state index < -0.39 is 6.85 Å². The maximum Gasteiger partial charge on any atom is 0.162 e. The minimum Gasteiger partial charge on any atom is -0.512 e. The normalized spacial score (nSPS) is 16.6. The van der Waals surface area contributed by atoms with Crippen molar-refractivity contribution in [2.75, 3.05) is 0 Å². The van der Waals surface area contributed by atoms with Crippen LogP contribution < -0.4 is 0 Å². The van der Waals surface area contributed by atoms with Gasteiger partial charge in [-0.05, 0) is 89.8 Å². The smallest absolute Gasteiger partial charge is 0.162 e. The van der Waals surface area contributed by atoms with Gasteiger partial charge in [-0.25, -0.2) is 0 Å². The Labute approximate surface area is 335 Å². The number of carbonyl (C=O) groups is 1. The number of ketones is 1. The standard InChI is InChI=1S/C34H36NS.C13H24O2.Ir/c1-20-17-26-28(34(7,8)15-14-33(26,5)6)31-27(20)24-13-16-35-29(30(24)36-31)22-18-21-11-9-10-12-23(21)25(19-22)32(2,3)4;1-5-10(6-2)12(14)9-13(15)11(7-3)8-4;/h9-13,16-17,19H,14-15H2,1-8H3;9-11,14H,5-8H2,1-4H3;/q-1;;/b;12-9-;/i1D3;;. The first-order chi connectivity index (χ1) is 25.2. The van der Waals surface area contributed by atoms with Crippen LogP contribution in [0.2, 0.25) is 0 Å². The molecule has 5 aromatic rings. The summed E-state index contributed by atoms with van der Waals surface area (Å²) in [4.78, 5) is 16.6. The Morgan fingerprint density at radius 3 is 2.19 bits per heavy atom. The first kappa shape index (κ1) is 37.5. The third kappa shape index (κ3) is 8.13. The average Bonchev–Trinajstić information content (AvgIpc) is 3.49. The van der Waals surface area contributed by atoms with Crippen LogP contribution in [0.4, 0.5) is 0 Å². The van der Waals surface area contributed by atoms with Crippen molar-refractivity contribution in [1.29, 1.82) is 0 Å². The number of fused-ring (bicyclic) bond motifs is 6. The zero-order valence-electron chi connectivity index (χ0n) is 36.1. The topological polar surface area (TPSA) is 50.2 Å². The summed E-state index contributed by atoms with van der Waals surface area (Å²) in [6.07, 6.45) is 8.85. The molecular formula is C47H60IrNO2S-. The Hall–Kier alpha value is -2.85. The van der Waals surface area contributed by atoms with Gasteiger partial charge in [-0.15, -0.1) is 40.5 Å². The molecule has 6 rings (SSSR count). The summed E-state index contributed by atoms with van der Waals surface area (Å²) in [5, 5.41) is 13.9. The van der Waals surface area contributed by atoms with Crippen molar-refractivity contribution >= 4 is 48.1 Å². The zero-order valence-corrected chi connectivity index (χ0v) is 36.3. The van der Waals surface area contributed by atoms with Crippen molar-refractivity contribution in [3.8, 4) is 11.3 Å². The van der Waals surface area contributed by atoms with Gasteiger partial charge in [0.2, 0.25) is 0 Å². The van der Waals surface area contributed by atoms with E-state index in [1.807, 2.05) is 46.0 Å². The first-order valence-corrected chi connectivity index (χ1v) is 19.8. The predicted molar refractivity (Wildman–Crippen MR) is 221 cm³/mol. The first-order valence-electron chi connectivity index (χ1n) is 20.5. The molecule has 1 radical (unpaired) electrons. The molecule has 0 amide bonds. The molecule has 52 heavy (non-hydrogen) atoms. The van der Waals surface area contributed by atoms with Gasteiger partial charge in [0, 0.05) is 68.8 Å². The molecule has 2 heterocycles. The second-order valence-electron chi connectivity index (χ2n) is 16.8. The Morgan fingerprint density at radius 1 is 0.942 bits per heavy atom. The summed E-state index contributed by atoms with van der Waals surface area (Å²) in [6.45, 7) is 21.7. The summed E-state index contributed by atoms with van der Waals surface area (Å²) in [7, 11) is 0. The van der Waals surface area contributed by atoms with Gasteiger partial charge in [-0.1, -0.05) is 111 Å². The van der Waals surface area contributed by atoms with Crippen LogP contribution in [-0.4, -0.2) is 15.9 Å². The molecule has 0 bridgehead atoms. The predicted octanol–water partition coefficient (Wildman–Crippen LogP) is 13.9. The molecule has 1 aliphatic carbocycles. The van der Waals surface area contributed by atoms with Crippen LogP contribution in [0.5, 0.6) is 0 Å². The fraction of sp³-hybridized carbons (Fsp3) is 0.489. The Kier molecular flexibility index (Phi) is 11.7. The molecule has 0 saturated heterocycles. The molecule has 3 aromatic carbocycles. The molecule has 5 heteroatoms. The van der Waals surface area contributed by atoms with E-state index >= 15 is 0 Å². The van der Waals surface area contributed by atoms with Crippen molar-refractivity contribution < 1.29 is 34.1 Å². The third-order valence-electron chi connectivity index (χ3n) is 11.4. The van der Waals surface area contributed by atoms with Gasteiger partial charge in [0.15, 0.2) is 5.78 Å². The van der Waals surface area contributed by atoms with Gasteiger partial charge >= 0.3 is 0 Å². The number of hydrogen-bond donors (Lipinski definition) is 1. The second-order valence-corrected chi connectivity index (χ2v) is 17.9. The van der Waals surface area contributed by atoms with Crippen molar-refractivity contribution in [3.63, 3.8) is 0 Å². The van der Waals surface area contributed by atoms with Crippen molar-refractivity contribution in [2.24, 2.45) is 11.8 Å². The molecule has 0 spiro atoms. The second kappa shape index (κ2) is 16.3. The van der Waals surface area contributed by atoms with E-state index in [0.29, 0.717) is 5.56 Å². The van der Waals surface area contributed by atoms with E-state index in [9.17, 15) is 9.90 Å². The number of pyridine rings is 1. The number of nitrogens with zero attached hydrogens (tertiary/aromatic N) is 1. The number of rotatable bonds is 8. The maximum absolute atomic E-state index is 11.7. The number of hydrogen-bond acceptors (Lipinski definition) is 4. The summed E-state index contributed by atoms with van der Waals surface area (Å²) < 4.78 is 27.8. The number of aliphatic hydroxyl groups excluding tert-OH is 1. The summed E-state index contributed by atoms with van der Waals surface area (Å²) in [5.41, 5.74) is 5.88. The number of benzene rings is 3. The van der Waals surface area contributed by atoms with Crippen LogP contribution in [0.15, 0.2) is 60.5 Å². The number of aryl methyl sites for hydroxylation is 1. The minimum atomic E-state index is -2.21. The van der Waals surface area contributed by atoms with E-state index in [1.165, 1.54) is 28.2 Å². The van der Waals surface area contributed by atoms with E-state index in [0.717, 1.165) is 75.3 Å². The molecule has 2 aromatic heterocycles. The maximum atomic E-state index is 11.7. The molecule has 281 valence electrons. The van der Waals surface area contributed by atoms with Gasteiger partial charge in [-0.2, -0.15) is 0 Å². The van der Waals surface area contributed by atoms with E-state index in [2.05, 4.69) is 84.9 Å². The number of allylic oxidation sites excluding steroid dienone is 2. The van der Waals surface area contributed by atoms with E-state index in [4.69, 9.17) is 9.10 Å². The van der Waals surface area contributed by atoms with E-state index in [-0.39, 0.29) is 59.7 Å². The number of carbonyl (C=O) groups excluding carboxylic acids is 1. The monoisotopic (exact) mass is 898 g/mol. The molecule has 3 nitrogen and oxygen atoms in total. The minimum absolute atomic E-state index is 0. The Morgan fingerprint density at radius 2 is 1.58 bits per heavy atom. The van der Waals surface area contributed by atoms with Gasteiger partial charge < -0.3 is 5.11 Å². The number of aromatic nitrogens is 1. The number of aliphatic hydroxyl groups is 1. The SMILES string of the molecule is CCC(CC)C(=O)/C=C(\O)C(CC)CC.[2H]C([2H])([2H])c1cc2c(c3sc4c(-c5[c-]c6ccccc6c(C(C)(C)C)c5)nccc4c13)C(C)(C)CCC2(C)C.[Ir]. The summed E-state index contributed by atoms with van der Waals surface area (Å²) >= 11 is 1.72. The average molecular weight is 898 g/mol. The van der Waals surface area contributed by atoms with Crippen molar-refractivity contribution in [3.05, 3.63) is 88.8 Å². The largest absolute Gasteiger partial charge is 0.512 e. The van der Waals surface area contributed by atoms with Crippen molar-refractivity contribution in [1.82, 2.24) is 4.98 Å². The molecule has 0 atom stereocenters. The summed E-state index contributed by atoms with van der Waals surface area (Å²) in [6, 6.07) is 18.3. The van der Waals surface area contributed by atoms with Crippen LogP contribution in [0.1, 0.15) is 141 Å². The van der Waals surface area contributed by atoms with Gasteiger partial charge in [-0.3, -0.25) is 9.78 Å². The fourth-order valence-corrected chi connectivity index (χ4v) is 9.47. The quantitative estimate of drug-likeness (QED) is 0.0959. The summed E-state index contributed by atoms with van der Waals surface area (Å²) in [5.74, 6) is 0.547. The fourth-order valence-electron chi connectivity index (χ4n) is 7.92. The third-order valence-corrected chi connectivity index (χ3v) is 12.6. The van der Waals surface area contributed by atoms with E-state index in [1.54, 1.807) is 11.3 Å². The molecule has 0 saturated carbocycles. The van der Waals surface area contributed by atoms with Gasteiger partial charge in [0.1, 0.15) is 0 Å². The molecule has 0 aliphatic heterocycles. The molecule has 1 N–H and O–H groups in total. The molecule has 1 aliphatic rings. The number of thiophene rings is 1. The molecular weight excluding hydrogens is 835 g/mol. The van der Waals surface area contributed by atoms with Crippen molar-refractivity contribution in [2.45, 2.75) is 138 Å². The van der Waals surface area contributed by atoms with Crippen LogP contribution in [0.25, 0.3) is 42.2 Å².